The van der Waals surface area contributed by atoms with Crippen LogP contribution in [0.1, 0.15) is 12.0 Å². The van der Waals surface area contributed by atoms with Crippen LogP contribution in [-0.2, 0) is 11.3 Å². The highest BCUT2D eigenvalue weighted by Gasteiger charge is 2.56. The van der Waals surface area contributed by atoms with Crippen LogP contribution in [0.25, 0.3) is 0 Å². The molecule has 0 spiro atoms. The van der Waals surface area contributed by atoms with Crippen LogP contribution in [0.5, 0.6) is 0 Å². The molecular formula is C15H16FNO2. The number of ether oxygens (including phenoxy) is 1. The number of hydrogen-bond donors (Lipinski definition) is 0. The Bertz CT molecular complexity index is 488. The fraction of sp³-hybridized carbons (Fsp3) is 0.400. The van der Waals surface area contributed by atoms with Crippen molar-refractivity contribution >= 4 is 6.09 Å². The first-order chi connectivity index (χ1) is 9.27. The second-order valence-electron chi connectivity index (χ2n) is 5.00. The van der Waals surface area contributed by atoms with E-state index in [2.05, 4.69) is 0 Å². The van der Waals surface area contributed by atoms with Crippen molar-refractivity contribution in [3.63, 3.8) is 0 Å². The van der Waals surface area contributed by atoms with Gasteiger partial charge >= 0.3 is 6.09 Å². The molecule has 0 saturated heterocycles. The molecule has 3 atom stereocenters. The van der Waals surface area contributed by atoms with Gasteiger partial charge in [0.1, 0.15) is 12.8 Å². The number of alkyl halides is 1. The second kappa shape index (κ2) is 5.03. The zero-order valence-corrected chi connectivity index (χ0v) is 10.5. The number of carbonyl (C=O) groups excluding carboxylic acids is 1. The van der Waals surface area contributed by atoms with Gasteiger partial charge in [-0.2, -0.15) is 0 Å². The van der Waals surface area contributed by atoms with E-state index in [4.69, 9.17) is 4.74 Å². The minimum atomic E-state index is -0.894. The van der Waals surface area contributed by atoms with E-state index < -0.39 is 12.3 Å². The monoisotopic (exact) mass is 261 g/mol. The molecule has 100 valence electrons. The van der Waals surface area contributed by atoms with Crippen molar-refractivity contribution in [2.45, 2.75) is 25.2 Å². The third-order valence-corrected chi connectivity index (χ3v) is 3.71. The summed E-state index contributed by atoms with van der Waals surface area (Å²) in [5, 5.41) is 0. The van der Waals surface area contributed by atoms with Gasteiger partial charge in [0.2, 0.25) is 0 Å². The predicted octanol–water partition coefficient (Wildman–Crippen LogP) is 2.92. The molecule has 1 aromatic carbocycles. The maximum Gasteiger partial charge on any atom is 0.410 e. The number of amides is 1. The highest BCUT2D eigenvalue weighted by Crippen LogP contribution is 2.43. The fourth-order valence-electron chi connectivity index (χ4n) is 2.55. The summed E-state index contributed by atoms with van der Waals surface area (Å²) in [6.45, 7) is 0.670. The molecule has 1 heterocycles. The Labute approximate surface area is 111 Å². The first kappa shape index (κ1) is 12.2. The molecule has 3 rings (SSSR count). The van der Waals surface area contributed by atoms with Gasteiger partial charge < -0.3 is 4.74 Å². The van der Waals surface area contributed by atoms with Crippen molar-refractivity contribution in [3.8, 4) is 0 Å². The molecule has 0 aromatic heterocycles. The average molecular weight is 261 g/mol. The average Bonchev–Trinajstić information content (AvgIpc) is 3.13. The Hall–Kier alpha value is -1.84. The number of allylic oxidation sites excluding steroid dienone is 1. The second-order valence-corrected chi connectivity index (χ2v) is 5.00. The molecule has 0 radical (unpaired) electrons. The van der Waals surface area contributed by atoms with E-state index in [-0.39, 0.29) is 18.6 Å². The summed E-state index contributed by atoms with van der Waals surface area (Å²) >= 11 is 0. The first-order valence-corrected chi connectivity index (χ1v) is 6.54. The highest BCUT2D eigenvalue weighted by molar-refractivity contribution is 5.69. The van der Waals surface area contributed by atoms with E-state index in [0.717, 1.165) is 5.56 Å². The summed E-state index contributed by atoms with van der Waals surface area (Å²) < 4.78 is 18.8. The summed E-state index contributed by atoms with van der Waals surface area (Å²) in [5.74, 6) is -0.0389. The van der Waals surface area contributed by atoms with Gasteiger partial charge in [-0.3, -0.25) is 4.90 Å². The standard InChI is InChI=1S/C15H16FNO2/c16-13-12-8-4-5-9-17(14(12)13)15(18)19-10-11-6-2-1-3-7-11/h1-7,12-14H,8-10H2/t12-,13-,14-/m0/s1. The molecule has 0 unspecified atom stereocenters. The molecule has 0 bridgehead atoms. The third kappa shape index (κ3) is 2.48. The van der Waals surface area contributed by atoms with Crippen LogP contribution in [0.4, 0.5) is 9.18 Å². The number of hydrogen-bond acceptors (Lipinski definition) is 2. The maximum atomic E-state index is 13.6. The Morgan fingerprint density at radius 1 is 1.32 bits per heavy atom. The van der Waals surface area contributed by atoms with Gasteiger partial charge in [-0.05, 0) is 12.0 Å². The van der Waals surface area contributed by atoms with Gasteiger partial charge in [-0.1, -0.05) is 42.5 Å². The smallest absolute Gasteiger partial charge is 0.410 e. The van der Waals surface area contributed by atoms with E-state index in [1.165, 1.54) is 4.90 Å². The van der Waals surface area contributed by atoms with Crippen molar-refractivity contribution in [1.29, 1.82) is 0 Å². The Morgan fingerprint density at radius 2 is 2.11 bits per heavy atom. The SMILES string of the molecule is O=C(OCc1ccccc1)N1CC=CC[C@H]2[C@H](F)[C@H]21. The van der Waals surface area contributed by atoms with Crippen molar-refractivity contribution in [2.75, 3.05) is 6.54 Å². The van der Waals surface area contributed by atoms with Gasteiger partial charge in [0, 0.05) is 12.5 Å². The number of nitrogens with zero attached hydrogens (tertiary/aromatic N) is 1. The number of carbonyl (C=O) groups is 1. The third-order valence-electron chi connectivity index (χ3n) is 3.71. The van der Waals surface area contributed by atoms with E-state index >= 15 is 0 Å². The van der Waals surface area contributed by atoms with Crippen molar-refractivity contribution in [2.24, 2.45) is 5.92 Å². The van der Waals surface area contributed by atoms with E-state index in [1.807, 2.05) is 42.5 Å². The molecule has 2 aliphatic rings. The summed E-state index contributed by atoms with van der Waals surface area (Å²) in [4.78, 5) is 13.5. The predicted molar refractivity (Wildman–Crippen MR) is 69.3 cm³/mol. The Balaban J connectivity index is 1.59. The zero-order valence-electron chi connectivity index (χ0n) is 10.5. The van der Waals surface area contributed by atoms with Crippen LogP contribution in [-0.4, -0.2) is 29.8 Å². The quantitative estimate of drug-likeness (QED) is 0.766. The largest absolute Gasteiger partial charge is 0.445 e. The zero-order chi connectivity index (χ0) is 13.2. The number of benzene rings is 1. The van der Waals surface area contributed by atoms with Crippen LogP contribution in [0, 0.1) is 5.92 Å². The summed E-state index contributed by atoms with van der Waals surface area (Å²) in [7, 11) is 0. The maximum absolute atomic E-state index is 13.6. The van der Waals surface area contributed by atoms with Crippen LogP contribution in [0.15, 0.2) is 42.5 Å². The fourth-order valence-corrected chi connectivity index (χ4v) is 2.55. The lowest BCUT2D eigenvalue weighted by molar-refractivity contribution is 0.0941. The van der Waals surface area contributed by atoms with Gasteiger partial charge in [0.05, 0.1) is 6.04 Å². The molecule has 1 aromatic rings. The van der Waals surface area contributed by atoms with Gasteiger partial charge in [0.25, 0.3) is 0 Å². The lowest BCUT2D eigenvalue weighted by Crippen LogP contribution is -2.35. The molecule has 1 aliphatic heterocycles. The number of rotatable bonds is 2. The highest BCUT2D eigenvalue weighted by atomic mass is 19.1. The molecule has 1 aliphatic carbocycles. The van der Waals surface area contributed by atoms with Crippen LogP contribution < -0.4 is 0 Å². The Kier molecular flexibility index (Phi) is 3.23. The van der Waals surface area contributed by atoms with Crippen molar-refractivity contribution < 1.29 is 13.9 Å². The van der Waals surface area contributed by atoms with Crippen molar-refractivity contribution in [3.05, 3.63) is 48.0 Å². The molecule has 19 heavy (non-hydrogen) atoms. The summed E-state index contributed by atoms with van der Waals surface area (Å²) in [5.41, 5.74) is 0.936. The molecule has 1 amide bonds. The first-order valence-electron chi connectivity index (χ1n) is 6.54. The van der Waals surface area contributed by atoms with Gasteiger partial charge in [0.15, 0.2) is 0 Å². The lowest BCUT2D eigenvalue weighted by atomic mass is 10.2. The molecule has 4 heteroatoms. The molecule has 0 N–H and O–H groups in total. The molecular weight excluding hydrogens is 245 g/mol. The topological polar surface area (TPSA) is 29.5 Å². The minimum Gasteiger partial charge on any atom is -0.445 e. The van der Waals surface area contributed by atoms with Gasteiger partial charge in [-0.25, -0.2) is 9.18 Å². The number of fused-ring (bicyclic) bond motifs is 1. The minimum absolute atomic E-state index is 0.0389. The van der Waals surface area contributed by atoms with E-state index in [1.54, 1.807) is 0 Å². The van der Waals surface area contributed by atoms with E-state index in [9.17, 15) is 9.18 Å². The lowest BCUT2D eigenvalue weighted by Gasteiger charge is -2.20. The van der Waals surface area contributed by atoms with Gasteiger partial charge in [-0.15, -0.1) is 0 Å². The summed E-state index contributed by atoms with van der Waals surface area (Å²) in [6, 6.07) is 9.20. The molecule has 1 saturated carbocycles. The van der Waals surface area contributed by atoms with Crippen LogP contribution >= 0.6 is 0 Å². The van der Waals surface area contributed by atoms with E-state index in [0.29, 0.717) is 13.0 Å². The molecule has 1 fully saturated rings. The molecule has 3 nitrogen and oxygen atoms in total. The van der Waals surface area contributed by atoms with Crippen LogP contribution in [0.2, 0.25) is 0 Å². The van der Waals surface area contributed by atoms with Crippen LogP contribution in [0.3, 0.4) is 0 Å². The van der Waals surface area contributed by atoms with Crippen molar-refractivity contribution in [1.82, 2.24) is 4.90 Å². The Morgan fingerprint density at radius 3 is 2.89 bits per heavy atom. The number of halogens is 1. The normalized spacial score (nSPS) is 28.5. The summed E-state index contributed by atoms with van der Waals surface area (Å²) in [6.07, 6.45) is 3.25.